The van der Waals surface area contributed by atoms with Crippen LogP contribution in [0.4, 0.5) is 8.78 Å². The van der Waals surface area contributed by atoms with Crippen LogP contribution >= 0.6 is 0 Å². The number of nitrogens with one attached hydrogen (secondary N) is 1. The van der Waals surface area contributed by atoms with Crippen LogP contribution in [0.3, 0.4) is 0 Å². The highest BCUT2D eigenvalue weighted by Crippen LogP contribution is 2.20. The number of hydrogen-bond donors (Lipinski definition) is 1. The molecule has 0 aliphatic carbocycles. The second-order valence-corrected chi connectivity index (χ2v) is 5.66. The van der Waals surface area contributed by atoms with Crippen molar-refractivity contribution in [3.63, 3.8) is 0 Å². The van der Waals surface area contributed by atoms with Crippen molar-refractivity contribution in [1.82, 2.24) is 10.2 Å². The van der Waals surface area contributed by atoms with E-state index in [1.807, 2.05) is 6.92 Å². The first-order valence-corrected chi connectivity index (χ1v) is 7.52. The van der Waals surface area contributed by atoms with Crippen LogP contribution in [0.1, 0.15) is 31.4 Å². The van der Waals surface area contributed by atoms with Gasteiger partial charge in [-0.2, -0.15) is 0 Å². The summed E-state index contributed by atoms with van der Waals surface area (Å²) in [5.74, 6) is -0.747. The zero-order chi connectivity index (χ0) is 15.2. The van der Waals surface area contributed by atoms with Gasteiger partial charge in [0, 0.05) is 31.3 Å². The van der Waals surface area contributed by atoms with E-state index in [4.69, 9.17) is 4.74 Å². The number of halogens is 2. The second kappa shape index (κ2) is 7.82. The van der Waals surface area contributed by atoms with Crippen LogP contribution in [0.2, 0.25) is 0 Å². The van der Waals surface area contributed by atoms with E-state index < -0.39 is 5.82 Å². The van der Waals surface area contributed by atoms with Crippen molar-refractivity contribution in [2.75, 3.05) is 33.4 Å². The van der Waals surface area contributed by atoms with Gasteiger partial charge in [-0.15, -0.1) is 0 Å². The van der Waals surface area contributed by atoms with Gasteiger partial charge in [0.05, 0.1) is 6.61 Å². The van der Waals surface area contributed by atoms with Gasteiger partial charge in [-0.05, 0) is 51.1 Å². The third kappa shape index (κ3) is 4.73. The van der Waals surface area contributed by atoms with E-state index in [0.717, 1.165) is 45.1 Å². The van der Waals surface area contributed by atoms with E-state index in [9.17, 15) is 8.78 Å². The molecule has 0 saturated carbocycles. The van der Waals surface area contributed by atoms with Gasteiger partial charge < -0.3 is 15.0 Å². The largest absolute Gasteiger partial charge is 0.383 e. The monoisotopic (exact) mass is 298 g/mol. The van der Waals surface area contributed by atoms with Gasteiger partial charge >= 0.3 is 0 Å². The van der Waals surface area contributed by atoms with Crippen molar-refractivity contribution in [3.8, 4) is 0 Å². The molecule has 1 saturated heterocycles. The average molecular weight is 298 g/mol. The standard InChI is InChI=1S/C16H24F2N2O/c1-12(15-11-13(17)3-4-16(15)18)19-14-5-7-20(8-6-14)9-10-21-2/h3-4,11-12,14,19H,5-10H2,1-2H3/t12-/m0/s1. The summed E-state index contributed by atoms with van der Waals surface area (Å²) in [7, 11) is 1.71. The molecule has 118 valence electrons. The summed E-state index contributed by atoms with van der Waals surface area (Å²) in [5, 5.41) is 3.42. The molecule has 1 N–H and O–H groups in total. The molecule has 0 bridgehead atoms. The van der Waals surface area contributed by atoms with Crippen molar-refractivity contribution in [2.24, 2.45) is 0 Å². The maximum Gasteiger partial charge on any atom is 0.128 e. The van der Waals surface area contributed by atoms with E-state index in [1.54, 1.807) is 7.11 Å². The molecule has 0 aromatic heterocycles. The Morgan fingerprint density at radius 1 is 1.33 bits per heavy atom. The Hall–Kier alpha value is -1.04. The Morgan fingerprint density at radius 3 is 2.71 bits per heavy atom. The number of benzene rings is 1. The highest BCUT2D eigenvalue weighted by atomic mass is 19.1. The van der Waals surface area contributed by atoms with Crippen molar-refractivity contribution in [1.29, 1.82) is 0 Å². The average Bonchev–Trinajstić information content (AvgIpc) is 2.49. The first-order chi connectivity index (χ1) is 10.1. The van der Waals surface area contributed by atoms with E-state index in [2.05, 4.69) is 10.2 Å². The Bertz CT molecular complexity index is 448. The zero-order valence-electron chi connectivity index (χ0n) is 12.7. The Balaban J connectivity index is 1.84. The van der Waals surface area contributed by atoms with E-state index in [1.165, 1.54) is 12.1 Å². The number of ether oxygens (including phenoxy) is 1. The van der Waals surface area contributed by atoms with E-state index in [0.29, 0.717) is 11.6 Å². The van der Waals surface area contributed by atoms with E-state index >= 15 is 0 Å². The molecular formula is C16H24F2N2O. The summed E-state index contributed by atoms with van der Waals surface area (Å²) in [6.45, 7) is 5.62. The first-order valence-electron chi connectivity index (χ1n) is 7.52. The van der Waals surface area contributed by atoms with Crippen LogP contribution < -0.4 is 5.32 Å². The fourth-order valence-electron chi connectivity index (χ4n) is 2.83. The number of rotatable bonds is 6. The minimum Gasteiger partial charge on any atom is -0.383 e. The van der Waals surface area contributed by atoms with Crippen molar-refractivity contribution >= 4 is 0 Å². The molecule has 1 aromatic rings. The number of nitrogens with zero attached hydrogens (tertiary/aromatic N) is 1. The molecule has 1 aliphatic heterocycles. The quantitative estimate of drug-likeness (QED) is 0.874. The third-order valence-corrected chi connectivity index (χ3v) is 4.11. The summed E-state index contributed by atoms with van der Waals surface area (Å²) in [6, 6.07) is 3.79. The number of methoxy groups -OCH3 is 1. The minimum absolute atomic E-state index is 0.184. The maximum absolute atomic E-state index is 13.7. The van der Waals surface area contributed by atoms with Crippen LogP contribution in [0, 0.1) is 11.6 Å². The van der Waals surface area contributed by atoms with Crippen molar-refractivity contribution in [2.45, 2.75) is 31.8 Å². The minimum atomic E-state index is -0.394. The lowest BCUT2D eigenvalue weighted by Gasteiger charge is -2.33. The molecular weight excluding hydrogens is 274 g/mol. The fraction of sp³-hybridized carbons (Fsp3) is 0.625. The number of likely N-dealkylation sites (tertiary alicyclic amines) is 1. The van der Waals surface area contributed by atoms with Gasteiger partial charge in [0.25, 0.3) is 0 Å². The van der Waals surface area contributed by atoms with Crippen LogP contribution in [0.5, 0.6) is 0 Å². The maximum atomic E-state index is 13.7. The Kier molecular flexibility index (Phi) is 6.08. The summed E-state index contributed by atoms with van der Waals surface area (Å²) in [4.78, 5) is 2.37. The molecule has 1 heterocycles. The molecule has 5 heteroatoms. The van der Waals surface area contributed by atoms with Gasteiger partial charge in [-0.3, -0.25) is 0 Å². The van der Waals surface area contributed by atoms with Gasteiger partial charge in [-0.1, -0.05) is 0 Å². The molecule has 0 amide bonds. The zero-order valence-corrected chi connectivity index (χ0v) is 12.7. The molecule has 3 nitrogen and oxygen atoms in total. The summed E-state index contributed by atoms with van der Waals surface area (Å²) >= 11 is 0. The smallest absolute Gasteiger partial charge is 0.128 e. The van der Waals surface area contributed by atoms with Gasteiger partial charge in [0.15, 0.2) is 0 Å². The van der Waals surface area contributed by atoms with Crippen LogP contribution in [-0.4, -0.2) is 44.3 Å². The van der Waals surface area contributed by atoms with Gasteiger partial charge in [-0.25, -0.2) is 8.78 Å². The molecule has 0 spiro atoms. The Labute approximate surface area is 125 Å². The predicted molar refractivity (Wildman–Crippen MR) is 79.2 cm³/mol. The summed E-state index contributed by atoms with van der Waals surface area (Å²) in [5.41, 5.74) is 0.400. The number of piperidine rings is 1. The SMILES string of the molecule is COCCN1CCC(N[C@@H](C)c2cc(F)ccc2F)CC1. The lowest BCUT2D eigenvalue weighted by Crippen LogP contribution is -2.44. The van der Waals surface area contributed by atoms with Gasteiger partial charge in [0.2, 0.25) is 0 Å². The molecule has 0 unspecified atom stereocenters. The summed E-state index contributed by atoms with van der Waals surface area (Å²) < 4.78 is 32.1. The first kappa shape index (κ1) is 16.3. The lowest BCUT2D eigenvalue weighted by molar-refractivity contribution is 0.124. The van der Waals surface area contributed by atoms with Crippen molar-refractivity contribution in [3.05, 3.63) is 35.4 Å². The molecule has 0 radical (unpaired) electrons. The van der Waals surface area contributed by atoms with Crippen LogP contribution in [0.25, 0.3) is 0 Å². The molecule has 1 fully saturated rings. The molecule has 1 atom stereocenters. The fourth-order valence-corrected chi connectivity index (χ4v) is 2.83. The van der Waals surface area contributed by atoms with Crippen LogP contribution in [-0.2, 0) is 4.74 Å². The lowest BCUT2D eigenvalue weighted by atomic mass is 10.0. The van der Waals surface area contributed by atoms with Gasteiger partial charge in [0.1, 0.15) is 11.6 Å². The number of hydrogen-bond acceptors (Lipinski definition) is 3. The predicted octanol–water partition coefficient (Wildman–Crippen LogP) is 2.73. The summed E-state index contributed by atoms with van der Waals surface area (Å²) in [6.07, 6.45) is 2.04. The van der Waals surface area contributed by atoms with Crippen LogP contribution in [0.15, 0.2) is 18.2 Å². The topological polar surface area (TPSA) is 24.5 Å². The third-order valence-electron chi connectivity index (χ3n) is 4.11. The van der Waals surface area contributed by atoms with Crippen molar-refractivity contribution < 1.29 is 13.5 Å². The molecule has 21 heavy (non-hydrogen) atoms. The molecule has 1 aromatic carbocycles. The normalized spacial score (nSPS) is 18.9. The highest BCUT2D eigenvalue weighted by molar-refractivity contribution is 5.22. The Morgan fingerprint density at radius 2 is 2.05 bits per heavy atom. The molecule has 2 rings (SSSR count). The highest BCUT2D eigenvalue weighted by Gasteiger charge is 2.21. The second-order valence-electron chi connectivity index (χ2n) is 5.66. The van der Waals surface area contributed by atoms with E-state index in [-0.39, 0.29) is 11.9 Å². The molecule has 1 aliphatic rings.